The molecule has 1 heterocycles. The molecule has 1 saturated heterocycles. The summed E-state index contributed by atoms with van der Waals surface area (Å²) in [6.07, 6.45) is 7.39. The molecule has 22 heavy (non-hydrogen) atoms. The Kier molecular flexibility index (Phi) is 5.19. The summed E-state index contributed by atoms with van der Waals surface area (Å²) < 4.78 is 12.1. The highest BCUT2D eigenvalue weighted by molar-refractivity contribution is 7.99. The first kappa shape index (κ1) is 16.0. The zero-order valence-corrected chi connectivity index (χ0v) is 14.3. The number of hydrogen-bond donors (Lipinski definition) is 1. The molecule has 0 atom stereocenters. The van der Waals surface area contributed by atoms with Gasteiger partial charge in [-0.2, -0.15) is 11.8 Å². The van der Waals surface area contributed by atoms with Crippen LogP contribution < -0.4 is 15.2 Å². The molecule has 4 heteroatoms. The van der Waals surface area contributed by atoms with Crippen molar-refractivity contribution in [3.05, 3.63) is 23.8 Å². The minimum absolute atomic E-state index is 0.0765. The summed E-state index contributed by atoms with van der Waals surface area (Å²) in [5.41, 5.74) is 7.48. The smallest absolute Gasteiger partial charge is 0.164 e. The largest absolute Gasteiger partial charge is 0.493 e. The Labute approximate surface area is 137 Å². The highest BCUT2D eigenvalue weighted by Gasteiger charge is 2.37. The van der Waals surface area contributed by atoms with Crippen LogP contribution in [0.3, 0.4) is 0 Å². The van der Waals surface area contributed by atoms with E-state index in [2.05, 4.69) is 12.1 Å². The van der Waals surface area contributed by atoms with E-state index in [4.69, 9.17) is 15.2 Å². The highest BCUT2D eigenvalue weighted by atomic mass is 32.2. The van der Waals surface area contributed by atoms with Crippen molar-refractivity contribution in [2.75, 3.05) is 25.2 Å². The van der Waals surface area contributed by atoms with Gasteiger partial charge in [0, 0.05) is 17.5 Å². The summed E-state index contributed by atoms with van der Waals surface area (Å²) in [6.45, 7) is 0.687. The van der Waals surface area contributed by atoms with Crippen LogP contribution in [0.15, 0.2) is 18.2 Å². The number of ether oxygens (including phenoxy) is 2. The SMILES string of the molecule is COc1c(OC2CCSCC2)cccc1C1(CN)CCCC1. The molecular formula is C18H27NO2S. The normalized spacial score (nSPS) is 21.7. The highest BCUT2D eigenvalue weighted by Crippen LogP contribution is 2.47. The maximum absolute atomic E-state index is 6.29. The first-order valence-electron chi connectivity index (χ1n) is 8.41. The van der Waals surface area contributed by atoms with Gasteiger partial charge < -0.3 is 15.2 Å². The lowest BCUT2D eigenvalue weighted by Gasteiger charge is -2.31. The van der Waals surface area contributed by atoms with Gasteiger partial charge in [-0.25, -0.2) is 0 Å². The van der Waals surface area contributed by atoms with Crippen molar-refractivity contribution >= 4 is 11.8 Å². The predicted molar refractivity (Wildman–Crippen MR) is 93.2 cm³/mol. The molecule has 1 aromatic carbocycles. The summed E-state index contributed by atoms with van der Waals surface area (Å²) in [5.74, 6) is 4.20. The lowest BCUT2D eigenvalue weighted by Crippen LogP contribution is -2.32. The Balaban J connectivity index is 1.89. The van der Waals surface area contributed by atoms with Gasteiger partial charge in [0.05, 0.1) is 7.11 Å². The number of methoxy groups -OCH3 is 1. The molecule has 2 N–H and O–H groups in total. The van der Waals surface area contributed by atoms with E-state index in [1.54, 1.807) is 7.11 Å². The molecule has 0 spiro atoms. The van der Waals surface area contributed by atoms with E-state index in [-0.39, 0.29) is 5.41 Å². The quantitative estimate of drug-likeness (QED) is 0.897. The number of para-hydroxylation sites is 1. The number of rotatable bonds is 5. The molecule has 1 saturated carbocycles. The monoisotopic (exact) mass is 321 g/mol. The molecule has 2 fully saturated rings. The Hall–Kier alpha value is -0.870. The summed E-state index contributed by atoms with van der Waals surface area (Å²) in [6, 6.07) is 6.32. The molecule has 3 nitrogen and oxygen atoms in total. The fourth-order valence-electron chi connectivity index (χ4n) is 3.85. The fourth-order valence-corrected chi connectivity index (χ4v) is 4.91. The van der Waals surface area contributed by atoms with Crippen LogP contribution in [0.1, 0.15) is 44.1 Å². The molecular weight excluding hydrogens is 294 g/mol. The minimum Gasteiger partial charge on any atom is -0.493 e. The summed E-state index contributed by atoms with van der Waals surface area (Å²) in [5, 5.41) is 0. The second-order valence-electron chi connectivity index (χ2n) is 6.46. The van der Waals surface area contributed by atoms with Gasteiger partial charge in [-0.3, -0.25) is 0 Å². The third kappa shape index (κ3) is 3.09. The van der Waals surface area contributed by atoms with Crippen molar-refractivity contribution in [1.29, 1.82) is 0 Å². The van der Waals surface area contributed by atoms with E-state index in [1.165, 1.54) is 29.9 Å². The maximum atomic E-state index is 6.29. The van der Waals surface area contributed by atoms with Crippen molar-refractivity contribution in [2.24, 2.45) is 5.73 Å². The summed E-state index contributed by atoms with van der Waals surface area (Å²) >= 11 is 2.02. The van der Waals surface area contributed by atoms with Crippen LogP contribution in [-0.4, -0.2) is 31.3 Å². The summed E-state index contributed by atoms with van der Waals surface area (Å²) in [4.78, 5) is 0. The molecule has 0 amide bonds. The van der Waals surface area contributed by atoms with Gasteiger partial charge in [-0.1, -0.05) is 25.0 Å². The molecule has 0 bridgehead atoms. The van der Waals surface area contributed by atoms with Gasteiger partial charge >= 0.3 is 0 Å². The Bertz CT molecular complexity index is 494. The summed E-state index contributed by atoms with van der Waals surface area (Å²) in [7, 11) is 1.75. The molecule has 0 aromatic heterocycles. The van der Waals surface area contributed by atoms with Gasteiger partial charge in [0.25, 0.3) is 0 Å². The zero-order chi connectivity index (χ0) is 15.4. The molecule has 2 aliphatic rings. The van der Waals surface area contributed by atoms with E-state index in [9.17, 15) is 0 Å². The molecule has 1 aromatic rings. The third-order valence-corrected chi connectivity index (χ3v) is 6.22. The zero-order valence-electron chi connectivity index (χ0n) is 13.5. The Morgan fingerprint density at radius 1 is 1.23 bits per heavy atom. The number of hydrogen-bond acceptors (Lipinski definition) is 4. The van der Waals surface area contributed by atoms with Gasteiger partial charge in [0.2, 0.25) is 0 Å². The Morgan fingerprint density at radius 3 is 2.59 bits per heavy atom. The van der Waals surface area contributed by atoms with Gasteiger partial charge in [-0.15, -0.1) is 0 Å². The van der Waals surface area contributed by atoms with Crippen LogP contribution in [0.5, 0.6) is 11.5 Å². The first-order chi connectivity index (χ1) is 10.8. The van der Waals surface area contributed by atoms with E-state index < -0.39 is 0 Å². The number of nitrogens with two attached hydrogens (primary N) is 1. The van der Waals surface area contributed by atoms with E-state index in [0.717, 1.165) is 37.2 Å². The molecule has 1 aliphatic carbocycles. The van der Waals surface area contributed by atoms with Crippen LogP contribution in [0.25, 0.3) is 0 Å². The van der Waals surface area contributed by atoms with Crippen molar-refractivity contribution in [2.45, 2.75) is 50.0 Å². The lowest BCUT2D eigenvalue weighted by molar-refractivity contribution is 0.183. The van der Waals surface area contributed by atoms with Gasteiger partial charge in [0.1, 0.15) is 6.10 Å². The second-order valence-corrected chi connectivity index (χ2v) is 7.68. The average Bonchev–Trinajstić information content (AvgIpc) is 3.06. The molecule has 0 radical (unpaired) electrons. The lowest BCUT2D eigenvalue weighted by atomic mass is 9.78. The van der Waals surface area contributed by atoms with Crippen LogP contribution >= 0.6 is 11.8 Å². The minimum atomic E-state index is 0.0765. The first-order valence-corrected chi connectivity index (χ1v) is 9.56. The van der Waals surface area contributed by atoms with Crippen LogP contribution in [0, 0.1) is 0 Å². The van der Waals surface area contributed by atoms with E-state index >= 15 is 0 Å². The molecule has 0 unspecified atom stereocenters. The fraction of sp³-hybridized carbons (Fsp3) is 0.667. The van der Waals surface area contributed by atoms with Gasteiger partial charge in [-0.05, 0) is 43.3 Å². The van der Waals surface area contributed by atoms with Crippen molar-refractivity contribution in [1.82, 2.24) is 0 Å². The molecule has 1 aliphatic heterocycles. The number of benzene rings is 1. The predicted octanol–water partition coefficient (Wildman–Crippen LogP) is 3.74. The maximum Gasteiger partial charge on any atom is 0.164 e. The average molecular weight is 321 g/mol. The molecule has 3 rings (SSSR count). The number of thioether (sulfide) groups is 1. The molecule has 122 valence electrons. The van der Waals surface area contributed by atoms with Crippen molar-refractivity contribution < 1.29 is 9.47 Å². The van der Waals surface area contributed by atoms with E-state index in [1.807, 2.05) is 17.8 Å². The van der Waals surface area contributed by atoms with Crippen molar-refractivity contribution in [3.63, 3.8) is 0 Å². The topological polar surface area (TPSA) is 44.5 Å². The van der Waals surface area contributed by atoms with E-state index in [0.29, 0.717) is 12.6 Å². The van der Waals surface area contributed by atoms with Crippen LogP contribution in [0.2, 0.25) is 0 Å². The Morgan fingerprint density at radius 2 is 1.95 bits per heavy atom. The van der Waals surface area contributed by atoms with Crippen LogP contribution in [-0.2, 0) is 5.41 Å². The second kappa shape index (κ2) is 7.14. The van der Waals surface area contributed by atoms with Gasteiger partial charge in [0.15, 0.2) is 11.5 Å². The standard InChI is InChI=1S/C18H27NO2S/c1-20-17-15(18(13-19)9-2-3-10-18)5-4-6-16(17)21-14-7-11-22-12-8-14/h4-6,14H,2-3,7-13,19H2,1H3. The van der Waals surface area contributed by atoms with Crippen molar-refractivity contribution in [3.8, 4) is 11.5 Å². The third-order valence-electron chi connectivity index (χ3n) is 5.17. The van der Waals surface area contributed by atoms with Crippen LogP contribution in [0.4, 0.5) is 0 Å².